The first kappa shape index (κ1) is 11.8. The Balaban J connectivity index is 1.84. The van der Waals surface area contributed by atoms with Crippen molar-refractivity contribution in [1.82, 2.24) is 4.90 Å². The molecule has 3 aliphatic rings. The van der Waals surface area contributed by atoms with Gasteiger partial charge in [0.05, 0.1) is 5.02 Å². The standard InChI is InChI=1S/C15H16ClNO/c16-14-4-2-1-3-13(14)15(18)10-12-9-11-5-7-17(12)8-6-11/h1-4,10-11H,5-9H2/b12-10+. The van der Waals surface area contributed by atoms with Crippen LogP contribution in [0.4, 0.5) is 0 Å². The molecule has 1 aromatic rings. The van der Waals surface area contributed by atoms with E-state index in [1.807, 2.05) is 12.1 Å². The molecular formula is C15H16ClNO. The Bertz CT molecular complexity index is 501. The summed E-state index contributed by atoms with van der Waals surface area (Å²) in [6.45, 7) is 2.21. The lowest BCUT2D eigenvalue weighted by atomic mass is 9.85. The normalized spacial score (nSPS) is 21.6. The van der Waals surface area contributed by atoms with Crippen LogP contribution < -0.4 is 0 Å². The van der Waals surface area contributed by atoms with Crippen LogP contribution in [0.25, 0.3) is 0 Å². The van der Waals surface area contributed by atoms with Gasteiger partial charge in [0, 0.05) is 30.4 Å². The van der Waals surface area contributed by atoms with Crippen molar-refractivity contribution in [2.24, 2.45) is 5.92 Å². The number of halogens is 1. The summed E-state index contributed by atoms with van der Waals surface area (Å²) >= 11 is 6.05. The summed E-state index contributed by atoms with van der Waals surface area (Å²) in [6, 6.07) is 7.25. The number of carbonyl (C=O) groups excluding carboxylic acids is 1. The molecule has 3 heteroatoms. The Labute approximate surface area is 112 Å². The molecule has 0 saturated carbocycles. The molecule has 4 rings (SSSR count). The van der Waals surface area contributed by atoms with Crippen molar-refractivity contribution in [3.8, 4) is 0 Å². The monoisotopic (exact) mass is 261 g/mol. The third kappa shape index (κ3) is 2.17. The molecule has 18 heavy (non-hydrogen) atoms. The largest absolute Gasteiger partial charge is 0.375 e. The van der Waals surface area contributed by atoms with Crippen molar-refractivity contribution in [2.75, 3.05) is 13.1 Å². The minimum Gasteiger partial charge on any atom is -0.375 e. The van der Waals surface area contributed by atoms with E-state index >= 15 is 0 Å². The molecule has 0 aliphatic carbocycles. The number of nitrogens with zero attached hydrogens (tertiary/aromatic N) is 1. The Hall–Kier alpha value is -1.28. The van der Waals surface area contributed by atoms with Crippen molar-refractivity contribution in [2.45, 2.75) is 19.3 Å². The summed E-state index contributed by atoms with van der Waals surface area (Å²) in [5, 5.41) is 0.537. The summed E-state index contributed by atoms with van der Waals surface area (Å²) in [5.74, 6) is 0.809. The average molecular weight is 262 g/mol. The molecule has 3 saturated heterocycles. The highest BCUT2D eigenvalue weighted by atomic mass is 35.5. The van der Waals surface area contributed by atoms with E-state index in [0.717, 1.165) is 25.4 Å². The Morgan fingerprint density at radius 1 is 1.28 bits per heavy atom. The maximum Gasteiger partial charge on any atom is 0.189 e. The number of piperidine rings is 3. The second-order valence-corrected chi connectivity index (χ2v) is 5.52. The lowest BCUT2D eigenvalue weighted by Gasteiger charge is -2.42. The van der Waals surface area contributed by atoms with E-state index in [0.29, 0.717) is 10.6 Å². The van der Waals surface area contributed by atoms with Gasteiger partial charge in [-0.2, -0.15) is 0 Å². The molecule has 0 unspecified atom stereocenters. The Kier molecular flexibility index (Phi) is 3.13. The quantitative estimate of drug-likeness (QED) is 0.600. The lowest BCUT2D eigenvalue weighted by molar-refractivity contribution is 0.103. The van der Waals surface area contributed by atoms with E-state index in [1.54, 1.807) is 18.2 Å². The van der Waals surface area contributed by atoms with Gasteiger partial charge in [-0.05, 0) is 37.3 Å². The zero-order valence-electron chi connectivity index (χ0n) is 10.2. The van der Waals surface area contributed by atoms with Crippen LogP contribution in [0.5, 0.6) is 0 Å². The van der Waals surface area contributed by atoms with E-state index in [1.165, 1.54) is 18.5 Å². The number of rotatable bonds is 2. The van der Waals surface area contributed by atoms with Crippen molar-refractivity contribution in [3.05, 3.63) is 46.6 Å². The molecular weight excluding hydrogens is 246 g/mol. The van der Waals surface area contributed by atoms with E-state index in [-0.39, 0.29) is 5.78 Å². The smallest absolute Gasteiger partial charge is 0.189 e. The van der Waals surface area contributed by atoms with E-state index in [4.69, 9.17) is 11.6 Å². The predicted octanol–water partition coefficient (Wildman–Crippen LogP) is 3.52. The first-order chi connectivity index (χ1) is 8.74. The maximum atomic E-state index is 12.2. The van der Waals surface area contributed by atoms with Gasteiger partial charge >= 0.3 is 0 Å². The van der Waals surface area contributed by atoms with Crippen LogP contribution in [0.1, 0.15) is 29.6 Å². The van der Waals surface area contributed by atoms with Gasteiger partial charge in [-0.1, -0.05) is 23.7 Å². The van der Waals surface area contributed by atoms with Crippen LogP contribution >= 0.6 is 11.6 Å². The fourth-order valence-corrected chi connectivity index (χ4v) is 3.12. The van der Waals surface area contributed by atoms with Crippen LogP contribution in [0, 0.1) is 5.92 Å². The molecule has 0 atom stereocenters. The fourth-order valence-electron chi connectivity index (χ4n) is 2.89. The molecule has 2 nitrogen and oxygen atoms in total. The molecule has 0 amide bonds. The van der Waals surface area contributed by atoms with Gasteiger partial charge in [-0.15, -0.1) is 0 Å². The van der Waals surface area contributed by atoms with Gasteiger partial charge in [-0.25, -0.2) is 0 Å². The summed E-state index contributed by atoms with van der Waals surface area (Å²) < 4.78 is 0. The third-order valence-corrected chi connectivity index (χ3v) is 4.29. The first-order valence-electron chi connectivity index (χ1n) is 6.48. The zero-order chi connectivity index (χ0) is 12.5. The van der Waals surface area contributed by atoms with Crippen LogP contribution in [0.3, 0.4) is 0 Å². The summed E-state index contributed by atoms with van der Waals surface area (Å²) in [7, 11) is 0. The second-order valence-electron chi connectivity index (χ2n) is 5.11. The highest BCUT2D eigenvalue weighted by molar-refractivity contribution is 6.34. The predicted molar refractivity (Wildman–Crippen MR) is 72.8 cm³/mol. The number of allylic oxidation sites excluding steroid dienone is 2. The zero-order valence-corrected chi connectivity index (χ0v) is 11.0. The fraction of sp³-hybridized carbons (Fsp3) is 0.400. The van der Waals surface area contributed by atoms with Crippen molar-refractivity contribution < 1.29 is 4.79 Å². The maximum absolute atomic E-state index is 12.2. The van der Waals surface area contributed by atoms with Gasteiger partial charge in [0.1, 0.15) is 0 Å². The SMILES string of the molecule is O=C(/C=C1\CC2CCN1CC2)c1ccccc1Cl. The molecule has 94 valence electrons. The lowest BCUT2D eigenvalue weighted by Crippen LogP contribution is -2.39. The molecule has 0 aromatic heterocycles. The topological polar surface area (TPSA) is 20.3 Å². The molecule has 2 bridgehead atoms. The minimum absolute atomic E-state index is 0.0307. The third-order valence-electron chi connectivity index (χ3n) is 3.96. The van der Waals surface area contributed by atoms with Gasteiger partial charge in [-0.3, -0.25) is 4.79 Å². The second kappa shape index (κ2) is 4.77. The van der Waals surface area contributed by atoms with Crippen molar-refractivity contribution >= 4 is 17.4 Å². The number of hydrogen-bond acceptors (Lipinski definition) is 2. The highest BCUT2D eigenvalue weighted by Crippen LogP contribution is 2.34. The van der Waals surface area contributed by atoms with Gasteiger partial charge in [0.15, 0.2) is 5.78 Å². The number of hydrogen-bond donors (Lipinski definition) is 0. The summed E-state index contributed by atoms with van der Waals surface area (Å²) in [5.41, 5.74) is 1.80. The number of carbonyl (C=O) groups is 1. The van der Waals surface area contributed by atoms with E-state index in [9.17, 15) is 4.79 Å². The Morgan fingerprint density at radius 3 is 2.61 bits per heavy atom. The molecule has 0 spiro atoms. The van der Waals surface area contributed by atoms with E-state index < -0.39 is 0 Å². The van der Waals surface area contributed by atoms with Crippen molar-refractivity contribution in [3.63, 3.8) is 0 Å². The molecule has 0 N–H and O–H groups in total. The summed E-state index contributed by atoms with van der Waals surface area (Å²) in [6.07, 6.45) is 5.39. The summed E-state index contributed by atoms with van der Waals surface area (Å²) in [4.78, 5) is 14.6. The van der Waals surface area contributed by atoms with Crippen LogP contribution in [0.15, 0.2) is 36.0 Å². The molecule has 3 aliphatic heterocycles. The minimum atomic E-state index is 0.0307. The van der Waals surface area contributed by atoms with Gasteiger partial charge in [0.2, 0.25) is 0 Å². The highest BCUT2D eigenvalue weighted by Gasteiger charge is 2.29. The van der Waals surface area contributed by atoms with Crippen LogP contribution in [-0.4, -0.2) is 23.8 Å². The first-order valence-corrected chi connectivity index (χ1v) is 6.86. The van der Waals surface area contributed by atoms with E-state index in [2.05, 4.69) is 4.90 Å². The molecule has 1 aromatic carbocycles. The van der Waals surface area contributed by atoms with Crippen molar-refractivity contribution in [1.29, 1.82) is 0 Å². The number of fused-ring (bicyclic) bond motifs is 3. The van der Waals surface area contributed by atoms with Gasteiger partial charge < -0.3 is 4.90 Å². The van der Waals surface area contributed by atoms with Crippen LogP contribution in [0.2, 0.25) is 5.02 Å². The molecule has 3 heterocycles. The average Bonchev–Trinajstić information content (AvgIpc) is 2.40. The molecule has 3 fully saturated rings. The van der Waals surface area contributed by atoms with Crippen LogP contribution in [-0.2, 0) is 0 Å². The Morgan fingerprint density at radius 2 is 2.00 bits per heavy atom. The number of benzene rings is 1. The van der Waals surface area contributed by atoms with Gasteiger partial charge in [0.25, 0.3) is 0 Å². The molecule has 0 radical (unpaired) electrons. The number of ketones is 1.